The lowest BCUT2D eigenvalue weighted by molar-refractivity contribution is -0.116. The summed E-state index contributed by atoms with van der Waals surface area (Å²) in [4.78, 5) is 16.1. The van der Waals surface area contributed by atoms with Crippen LogP contribution in [0.1, 0.15) is 12.0 Å². The molecule has 0 saturated heterocycles. The van der Waals surface area contributed by atoms with Crippen LogP contribution in [0.5, 0.6) is 5.75 Å². The van der Waals surface area contributed by atoms with E-state index >= 15 is 0 Å². The first kappa shape index (κ1) is 17.5. The molecule has 1 aromatic heterocycles. The number of rotatable bonds is 7. The Labute approximate surface area is 153 Å². The van der Waals surface area contributed by atoms with E-state index in [4.69, 9.17) is 4.74 Å². The summed E-state index contributed by atoms with van der Waals surface area (Å²) in [6.07, 6.45) is 4.62. The minimum atomic E-state index is -0.00952. The average molecular weight is 347 g/mol. The Morgan fingerprint density at radius 2 is 1.62 bits per heavy atom. The van der Waals surface area contributed by atoms with Crippen molar-refractivity contribution in [2.24, 2.45) is 0 Å². The fourth-order valence-corrected chi connectivity index (χ4v) is 2.51. The summed E-state index contributed by atoms with van der Waals surface area (Å²) in [6, 6.07) is 19.2. The molecule has 0 spiro atoms. The molecule has 5 nitrogen and oxygen atoms in total. The molecule has 26 heavy (non-hydrogen) atoms. The van der Waals surface area contributed by atoms with Gasteiger partial charge < -0.3 is 15.4 Å². The molecule has 1 heterocycles. The van der Waals surface area contributed by atoms with Gasteiger partial charge in [0.15, 0.2) is 0 Å². The molecule has 0 atom stereocenters. The van der Waals surface area contributed by atoms with Crippen molar-refractivity contribution in [3.63, 3.8) is 0 Å². The largest absolute Gasteiger partial charge is 0.497 e. The number of anilines is 3. The molecule has 5 heteroatoms. The standard InChI is InChI=1S/C21H21N3O2/c1-26-20-11-9-18(10-12-20)23-17-5-7-19(8-6-17)24-21(25)13-4-16-3-2-14-22-15-16/h2-3,5-12,14-15,23H,4,13H2,1H3,(H,24,25). The molecular weight excluding hydrogens is 326 g/mol. The van der Waals surface area contributed by atoms with Gasteiger partial charge in [-0.3, -0.25) is 9.78 Å². The molecule has 0 fully saturated rings. The van der Waals surface area contributed by atoms with E-state index in [-0.39, 0.29) is 5.91 Å². The highest BCUT2D eigenvalue weighted by atomic mass is 16.5. The van der Waals surface area contributed by atoms with E-state index in [9.17, 15) is 4.79 Å². The lowest BCUT2D eigenvalue weighted by atomic mass is 10.1. The lowest BCUT2D eigenvalue weighted by Gasteiger charge is -2.09. The van der Waals surface area contributed by atoms with Crippen LogP contribution in [0.3, 0.4) is 0 Å². The number of methoxy groups -OCH3 is 1. The van der Waals surface area contributed by atoms with Crippen LogP contribution in [0.25, 0.3) is 0 Å². The maximum atomic E-state index is 12.1. The number of carbonyl (C=O) groups excluding carboxylic acids is 1. The Morgan fingerprint density at radius 1 is 0.962 bits per heavy atom. The Hall–Kier alpha value is -3.34. The average Bonchev–Trinajstić information content (AvgIpc) is 2.69. The number of benzene rings is 2. The molecule has 132 valence electrons. The summed E-state index contributed by atoms with van der Waals surface area (Å²) in [5.41, 5.74) is 3.76. The van der Waals surface area contributed by atoms with Crippen molar-refractivity contribution in [2.45, 2.75) is 12.8 Å². The zero-order valence-corrected chi connectivity index (χ0v) is 14.6. The SMILES string of the molecule is COc1ccc(Nc2ccc(NC(=O)CCc3cccnc3)cc2)cc1. The van der Waals surface area contributed by atoms with Crippen LogP contribution in [0.2, 0.25) is 0 Å². The van der Waals surface area contributed by atoms with E-state index < -0.39 is 0 Å². The van der Waals surface area contributed by atoms with E-state index in [1.165, 1.54) is 0 Å². The number of ether oxygens (including phenoxy) is 1. The van der Waals surface area contributed by atoms with Gasteiger partial charge in [0.1, 0.15) is 5.75 Å². The summed E-state index contributed by atoms with van der Waals surface area (Å²) in [6.45, 7) is 0. The van der Waals surface area contributed by atoms with Crippen molar-refractivity contribution in [3.8, 4) is 5.75 Å². The molecule has 2 N–H and O–H groups in total. The normalized spacial score (nSPS) is 10.2. The topological polar surface area (TPSA) is 63.2 Å². The van der Waals surface area contributed by atoms with Crippen molar-refractivity contribution < 1.29 is 9.53 Å². The third-order valence-corrected chi connectivity index (χ3v) is 3.91. The predicted molar refractivity (Wildman–Crippen MR) is 104 cm³/mol. The van der Waals surface area contributed by atoms with Gasteiger partial charge in [0.25, 0.3) is 0 Å². The van der Waals surface area contributed by atoms with E-state index in [0.29, 0.717) is 12.8 Å². The van der Waals surface area contributed by atoms with Crippen LogP contribution in [-0.2, 0) is 11.2 Å². The molecular formula is C21H21N3O2. The Bertz CT molecular complexity index is 831. The molecule has 0 radical (unpaired) electrons. The van der Waals surface area contributed by atoms with Crippen LogP contribution < -0.4 is 15.4 Å². The first-order valence-corrected chi connectivity index (χ1v) is 8.43. The van der Waals surface area contributed by atoms with Gasteiger partial charge in [-0.15, -0.1) is 0 Å². The van der Waals surface area contributed by atoms with E-state index in [2.05, 4.69) is 15.6 Å². The summed E-state index contributed by atoms with van der Waals surface area (Å²) in [7, 11) is 1.65. The van der Waals surface area contributed by atoms with Gasteiger partial charge >= 0.3 is 0 Å². The van der Waals surface area contributed by atoms with Crippen LogP contribution in [-0.4, -0.2) is 18.0 Å². The smallest absolute Gasteiger partial charge is 0.224 e. The zero-order valence-electron chi connectivity index (χ0n) is 14.6. The van der Waals surface area contributed by atoms with Crippen LogP contribution in [0.4, 0.5) is 17.1 Å². The van der Waals surface area contributed by atoms with Crippen LogP contribution in [0.15, 0.2) is 73.1 Å². The number of carbonyl (C=O) groups is 1. The first-order chi connectivity index (χ1) is 12.7. The second kappa shape index (κ2) is 8.67. The van der Waals surface area contributed by atoms with Gasteiger partial charge in [-0.25, -0.2) is 0 Å². The van der Waals surface area contributed by atoms with Gasteiger partial charge in [0.2, 0.25) is 5.91 Å². The molecule has 3 aromatic rings. The molecule has 0 aliphatic heterocycles. The molecule has 0 bridgehead atoms. The maximum Gasteiger partial charge on any atom is 0.224 e. The Kier molecular flexibility index (Phi) is 5.83. The molecule has 0 aliphatic rings. The maximum absolute atomic E-state index is 12.1. The number of amides is 1. The highest BCUT2D eigenvalue weighted by Gasteiger charge is 2.04. The summed E-state index contributed by atoms with van der Waals surface area (Å²) in [5, 5.41) is 6.22. The molecule has 2 aromatic carbocycles. The molecule has 0 aliphatic carbocycles. The van der Waals surface area contributed by atoms with E-state index in [1.54, 1.807) is 19.5 Å². The number of hydrogen-bond donors (Lipinski definition) is 2. The number of hydrogen-bond acceptors (Lipinski definition) is 4. The highest BCUT2D eigenvalue weighted by molar-refractivity contribution is 5.91. The van der Waals surface area contributed by atoms with Gasteiger partial charge in [-0.05, 0) is 66.6 Å². The molecule has 0 saturated carbocycles. The van der Waals surface area contributed by atoms with Crippen molar-refractivity contribution in [1.82, 2.24) is 4.98 Å². The van der Waals surface area contributed by atoms with Gasteiger partial charge in [-0.2, -0.15) is 0 Å². The number of nitrogens with one attached hydrogen (secondary N) is 2. The van der Waals surface area contributed by atoms with E-state index in [0.717, 1.165) is 28.4 Å². The van der Waals surface area contributed by atoms with Crippen molar-refractivity contribution in [2.75, 3.05) is 17.7 Å². The number of pyridine rings is 1. The second-order valence-corrected chi connectivity index (χ2v) is 5.84. The van der Waals surface area contributed by atoms with Crippen LogP contribution >= 0.6 is 0 Å². The third kappa shape index (κ3) is 5.08. The molecule has 0 unspecified atom stereocenters. The molecule has 1 amide bonds. The first-order valence-electron chi connectivity index (χ1n) is 8.43. The van der Waals surface area contributed by atoms with Crippen LogP contribution in [0, 0.1) is 0 Å². The van der Waals surface area contributed by atoms with Gasteiger partial charge in [0.05, 0.1) is 7.11 Å². The summed E-state index contributed by atoms with van der Waals surface area (Å²) >= 11 is 0. The quantitative estimate of drug-likeness (QED) is 0.665. The van der Waals surface area contributed by atoms with Crippen molar-refractivity contribution in [1.29, 1.82) is 0 Å². The van der Waals surface area contributed by atoms with Gasteiger partial charge in [-0.1, -0.05) is 6.07 Å². The fourth-order valence-electron chi connectivity index (χ4n) is 2.51. The summed E-state index contributed by atoms with van der Waals surface area (Å²) in [5.74, 6) is 0.810. The molecule has 3 rings (SSSR count). The van der Waals surface area contributed by atoms with Gasteiger partial charge in [0, 0.05) is 35.9 Å². The number of nitrogens with zero attached hydrogens (tertiary/aromatic N) is 1. The fraction of sp³-hybridized carbons (Fsp3) is 0.143. The minimum Gasteiger partial charge on any atom is -0.497 e. The number of aromatic nitrogens is 1. The zero-order chi connectivity index (χ0) is 18.2. The van der Waals surface area contributed by atoms with Crippen molar-refractivity contribution >= 4 is 23.0 Å². The van der Waals surface area contributed by atoms with Crippen molar-refractivity contribution in [3.05, 3.63) is 78.6 Å². The van der Waals surface area contributed by atoms with E-state index in [1.807, 2.05) is 60.7 Å². The predicted octanol–water partition coefficient (Wildman–Crippen LogP) is 4.41. The minimum absolute atomic E-state index is 0.00952. The number of aryl methyl sites for hydroxylation is 1. The second-order valence-electron chi connectivity index (χ2n) is 5.84. The third-order valence-electron chi connectivity index (χ3n) is 3.91. The monoisotopic (exact) mass is 347 g/mol. The Morgan fingerprint density at radius 3 is 2.23 bits per heavy atom. The Balaban J connectivity index is 1.51. The highest BCUT2D eigenvalue weighted by Crippen LogP contribution is 2.21. The summed E-state index contributed by atoms with van der Waals surface area (Å²) < 4.78 is 5.15. The lowest BCUT2D eigenvalue weighted by Crippen LogP contribution is -2.12.